The minimum absolute atomic E-state index is 0.703. The van der Waals surface area contributed by atoms with Crippen LogP contribution in [0, 0.1) is 0 Å². The summed E-state index contributed by atoms with van der Waals surface area (Å²) < 4.78 is 5.17. The van der Waals surface area contributed by atoms with Crippen molar-refractivity contribution in [1.82, 2.24) is 9.97 Å². The molecule has 2 N–H and O–H groups in total. The van der Waals surface area contributed by atoms with Gasteiger partial charge in [0.2, 0.25) is 0 Å². The van der Waals surface area contributed by atoms with E-state index in [0.29, 0.717) is 5.69 Å². The van der Waals surface area contributed by atoms with Crippen LogP contribution in [0.5, 0.6) is 5.75 Å². The zero-order valence-corrected chi connectivity index (χ0v) is 10.3. The van der Waals surface area contributed by atoms with Crippen LogP contribution in [0.15, 0.2) is 41.8 Å². The fourth-order valence-electron chi connectivity index (χ4n) is 1.40. The molecule has 0 radical (unpaired) electrons. The molecule has 1 heterocycles. The highest BCUT2D eigenvalue weighted by atomic mass is 32.2. The van der Waals surface area contributed by atoms with Crippen LogP contribution >= 0.6 is 11.8 Å². The van der Waals surface area contributed by atoms with Gasteiger partial charge in [-0.25, -0.2) is 9.97 Å². The molecule has 0 bridgehead atoms. The molecule has 0 amide bonds. The minimum atomic E-state index is 0.703. The largest absolute Gasteiger partial charge is 0.497 e. The van der Waals surface area contributed by atoms with Gasteiger partial charge in [-0.2, -0.15) is 0 Å². The second-order valence-electron chi connectivity index (χ2n) is 3.43. The highest BCUT2D eigenvalue weighted by Gasteiger charge is 2.01. The van der Waals surface area contributed by atoms with E-state index in [2.05, 4.69) is 9.97 Å². The summed E-state index contributed by atoms with van der Waals surface area (Å²) in [4.78, 5) is 8.30. The lowest BCUT2D eigenvalue weighted by Gasteiger charge is -2.05. The van der Waals surface area contributed by atoms with E-state index in [1.54, 1.807) is 43.4 Å². The number of ether oxygens (including phenoxy) is 1. The van der Waals surface area contributed by atoms with Crippen molar-refractivity contribution >= 4 is 17.4 Å². The topological polar surface area (TPSA) is 61.0 Å². The van der Waals surface area contributed by atoms with Gasteiger partial charge in [0.05, 0.1) is 7.11 Å². The average molecular weight is 247 g/mol. The fourth-order valence-corrected chi connectivity index (χ4v) is 2.13. The zero-order chi connectivity index (χ0) is 12.1. The first-order valence-electron chi connectivity index (χ1n) is 5.11. The van der Waals surface area contributed by atoms with Crippen molar-refractivity contribution in [1.29, 1.82) is 0 Å². The van der Waals surface area contributed by atoms with E-state index in [0.717, 1.165) is 22.2 Å². The van der Waals surface area contributed by atoms with Crippen molar-refractivity contribution in [2.24, 2.45) is 0 Å². The Balaban J connectivity index is 2.06. The monoisotopic (exact) mass is 247 g/mol. The molecule has 1 aromatic heterocycles. The Bertz CT molecular complexity index is 490. The normalized spacial score (nSPS) is 10.2. The maximum Gasteiger partial charge on any atom is 0.187 e. The van der Waals surface area contributed by atoms with E-state index in [9.17, 15) is 0 Å². The number of nitrogens with two attached hydrogens (primary N) is 1. The molecule has 0 atom stereocenters. The molecule has 0 aliphatic carbocycles. The molecule has 1 aromatic carbocycles. The summed E-state index contributed by atoms with van der Waals surface area (Å²) in [7, 11) is 1.63. The molecular weight excluding hydrogens is 234 g/mol. The summed E-state index contributed by atoms with van der Waals surface area (Å²) in [5, 5.41) is 0.758. The van der Waals surface area contributed by atoms with E-state index < -0.39 is 0 Å². The van der Waals surface area contributed by atoms with Crippen molar-refractivity contribution in [2.45, 2.75) is 10.9 Å². The molecule has 0 saturated carbocycles. The smallest absolute Gasteiger partial charge is 0.187 e. The lowest BCUT2D eigenvalue weighted by atomic mass is 10.2. The Hall–Kier alpha value is -1.75. The van der Waals surface area contributed by atoms with Crippen molar-refractivity contribution < 1.29 is 4.74 Å². The number of hydrogen-bond acceptors (Lipinski definition) is 5. The van der Waals surface area contributed by atoms with Crippen LogP contribution in [-0.2, 0) is 5.75 Å². The van der Waals surface area contributed by atoms with Crippen LogP contribution in [0.25, 0.3) is 0 Å². The Morgan fingerprint density at radius 2 is 2.00 bits per heavy atom. The molecule has 17 heavy (non-hydrogen) atoms. The Morgan fingerprint density at radius 3 is 2.71 bits per heavy atom. The number of aromatic nitrogens is 2. The number of nitrogens with zero attached hydrogens (tertiary/aromatic N) is 2. The van der Waals surface area contributed by atoms with Gasteiger partial charge in [0, 0.05) is 29.9 Å². The van der Waals surface area contributed by atoms with Crippen LogP contribution in [0.3, 0.4) is 0 Å². The van der Waals surface area contributed by atoms with E-state index in [1.165, 1.54) is 0 Å². The second-order valence-corrected chi connectivity index (χ2v) is 4.38. The van der Waals surface area contributed by atoms with Gasteiger partial charge in [-0.15, -0.1) is 0 Å². The number of benzene rings is 1. The van der Waals surface area contributed by atoms with Crippen LogP contribution < -0.4 is 10.5 Å². The van der Waals surface area contributed by atoms with Gasteiger partial charge in [-0.3, -0.25) is 0 Å². The molecule has 0 unspecified atom stereocenters. The Labute approximate surface area is 104 Å². The average Bonchev–Trinajstić information content (AvgIpc) is 2.37. The van der Waals surface area contributed by atoms with Crippen LogP contribution in [0.1, 0.15) is 5.56 Å². The molecule has 0 saturated heterocycles. The molecule has 0 spiro atoms. The highest BCUT2D eigenvalue weighted by Crippen LogP contribution is 2.24. The first-order valence-corrected chi connectivity index (χ1v) is 6.10. The predicted octanol–water partition coefficient (Wildman–Crippen LogP) is 2.36. The molecule has 2 aromatic rings. The molecule has 0 aliphatic heterocycles. The number of anilines is 1. The van der Waals surface area contributed by atoms with Gasteiger partial charge in [-0.05, 0) is 23.8 Å². The summed E-state index contributed by atoms with van der Waals surface area (Å²) >= 11 is 1.57. The van der Waals surface area contributed by atoms with E-state index in [4.69, 9.17) is 10.5 Å². The SMILES string of the molecule is COc1cc(N)cc(CSc2ncccn2)c1. The van der Waals surface area contributed by atoms with Crippen LogP contribution in [0.4, 0.5) is 5.69 Å². The third-order valence-corrected chi connectivity index (χ3v) is 3.08. The quantitative estimate of drug-likeness (QED) is 0.510. The zero-order valence-electron chi connectivity index (χ0n) is 9.46. The lowest BCUT2D eigenvalue weighted by Crippen LogP contribution is -1.92. The summed E-state index contributed by atoms with van der Waals surface area (Å²) in [6.45, 7) is 0. The van der Waals surface area contributed by atoms with Gasteiger partial charge in [0.1, 0.15) is 5.75 Å². The number of hydrogen-bond donors (Lipinski definition) is 1. The van der Waals surface area contributed by atoms with Gasteiger partial charge in [-0.1, -0.05) is 11.8 Å². The first kappa shape index (κ1) is 11.7. The number of methoxy groups -OCH3 is 1. The summed E-state index contributed by atoms with van der Waals surface area (Å²) in [5.41, 5.74) is 7.58. The highest BCUT2D eigenvalue weighted by molar-refractivity contribution is 7.98. The first-order chi connectivity index (χ1) is 8.28. The van der Waals surface area contributed by atoms with E-state index in [1.807, 2.05) is 12.1 Å². The van der Waals surface area contributed by atoms with E-state index >= 15 is 0 Å². The van der Waals surface area contributed by atoms with Gasteiger partial charge in [0.15, 0.2) is 5.16 Å². The summed E-state index contributed by atoms with van der Waals surface area (Å²) in [6, 6.07) is 7.49. The summed E-state index contributed by atoms with van der Waals surface area (Å²) in [6.07, 6.45) is 3.46. The Kier molecular flexibility index (Phi) is 3.82. The third-order valence-electron chi connectivity index (χ3n) is 2.13. The van der Waals surface area contributed by atoms with Crippen molar-refractivity contribution in [3.63, 3.8) is 0 Å². The number of nitrogen functional groups attached to an aromatic ring is 1. The standard InChI is InChI=1S/C12H13N3OS/c1-16-11-6-9(5-10(13)7-11)8-17-12-14-3-2-4-15-12/h2-7H,8,13H2,1H3. The predicted molar refractivity (Wildman–Crippen MR) is 69.0 cm³/mol. The van der Waals surface area contributed by atoms with Crippen molar-refractivity contribution in [2.75, 3.05) is 12.8 Å². The van der Waals surface area contributed by atoms with E-state index in [-0.39, 0.29) is 0 Å². The molecule has 5 heteroatoms. The fraction of sp³-hybridized carbons (Fsp3) is 0.167. The molecule has 0 aliphatic rings. The van der Waals surface area contributed by atoms with Gasteiger partial charge < -0.3 is 10.5 Å². The van der Waals surface area contributed by atoms with Crippen LogP contribution in [-0.4, -0.2) is 17.1 Å². The molecule has 2 rings (SSSR count). The summed E-state index contributed by atoms with van der Waals surface area (Å²) in [5.74, 6) is 1.54. The van der Waals surface area contributed by atoms with Gasteiger partial charge in [0.25, 0.3) is 0 Å². The lowest BCUT2D eigenvalue weighted by molar-refractivity contribution is 0.414. The maximum absolute atomic E-state index is 5.78. The van der Waals surface area contributed by atoms with Gasteiger partial charge >= 0.3 is 0 Å². The molecule has 88 valence electrons. The Morgan fingerprint density at radius 1 is 1.24 bits per heavy atom. The number of thioether (sulfide) groups is 1. The number of rotatable bonds is 4. The van der Waals surface area contributed by atoms with Crippen molar-refractivity contribution in [3.05, 3.63) is 42.2 Å². The molecular formula is C12H13N3OS. The van der Waals surface area contributed by atoms with Crippen molar-refractivity contribution in [3.8, 4) is 5.75 Å². The van der Waals surface area contributed by atoms with Crippen LogP contribution in [0.2, 0.25) is 0 Å². The molecule has 0 fully saturated rings. The molecule has 4 nitrogen and oxygen atoms in total. The minimum Gasteiger partial charge on any atom is -0.497 e. The third kappa shape index (κ3) is 3.35. The maximum atomic E-state index is 5.78. The second kappa shape index (κ2) is 5.54.